The average Bonchev–Trinajstić information content (AvgIpc) is 3.02. The van der Waals surface area contributed by atoms with Crippen LogP contribution in [0, 0.1) is 0 Å². The van der Waals surface area contributed by atoms with E-state index in [4.69, 9.17) is 16.3 Å². The Hall–Kier alpha value is -2.24. The lowest BCUT2D eigenvalue weighted by Crippen LogP contribution is -2.43. The minimum atomic E-state index is -0.158. The molecule has 6 heteroatoms. The van der Waals surface area contributed by atoms with E-state index in [1.807, 2.05) is 6.07 Å². The van der Waals surface area contributed by atoms with Gasteiger partial charge >= 0.3 is 0 Å². The van der Waals surface area contributed by atoms with Gasteiger partial charge in [-0.25, -0.2) is 0 Å². The van der Waals surface area contributed by atoms with Gasteiger partial charge in [0, 0.05) is 38.3 Å². The third-order valence-corrected chi connectivity index (χ3v) is 5.55. The summed E-state index contributed by atoms with van der Waals surface area (Å²) in [5.74, 6) is 0.350. The molecule has 27 heavy (non-hydrogen) atoms. The summed E-state index contributed by atoms with van der Waals surface area (Å²) < 4.78 is 5.39. The maximum Gasteiger partial charge on any atom is 0.255 e. The number of rotatable bonds is 6. The third kappa shape index (κ3) is 4.37. The number of hydrogen-bond donors (Lipinski definition) is 2. The first-order chi connectivity index (χ1) is 13.0. The highest BCUT2D eigenvalue weighted by Crippen LogP contribution is 2.31. The molecule has 3 rings (SSSR count). The maximum atomic E-state index is 12.9. The number of hydrogen-bond acceptors (Lipinski definition) is 4. The van der Waals surface area contributed by atoms with E-state index >= 15 is 0 Å². The average molecular weight is 388 g/mol. The predicted octanol–water partition coefficient (Wildman–Crippen LogP) is 3.78. The van der Waals surface area contributed by atoms with Crippen molar-refractivity contribution in [2.75, 3.05) is 26.0 Å². The number of anilines is 1. The summed E-state index contributed by atoms with van der Waals surface area (Å²) in [4.78, 5) is 15.3. The van der Waals surface area contributed by atoms with Crippen molar-refractivity contribution in [2.24, 2.45) is 0 Å². The molecule has 1 saturated heterocycles. The van der Waals surface area contributed by atoms with E-state index in [-0.39, 0.29) is 18.0 Å². The minimum Gasteiger partial charge on any atom is -0.496 e. The second-order valence-corrected chi connectivity index (χ2v) is 7.25. The highest BCUT2D eigenvalue weighted by molar-refractivity contribution is 6.33. The summed E-state index contributed by atoms with van der Waals surface area (Å²) >= 11 is 6.26. The van der Waals surface area contributed by atoms with Crippen LogP contribution in [-0.2, 0) is 6.54 Å². The number of carbonyl (C=O) groups is 1. The van der Waals surface area contributed by atoms with Crippen molar-refractivity contribution in [2.45, 2.75) is 32.0 Å². The lowest BCUT2D eigenvalue weighted by atomic mass is 10.1. The smallest absolute Gasteiger partial charge is 0.255 e. The molecule has 2 aromatic rings. The molecule has 1 heterocycles. The van der Waals surface area contributed by atoms with Crippen LogP contribution >= 0.6 is 11.6 Å². The van der Waals surface area contributed by atoms with Crippen molar-refractivity contribution < 1.29 is 9.53 Å². The van der Waals surface area contributed by atoms with Crippen molar-refractivity contribution >= 4 is 23.2 Å². The van der Waals surface area contributed by atoms with Crippen LogP contribution in [0.1, 0.15) is 29.3 Å². The van der Waals surface area contributed by atoms with Crippen LogP contribution in [0.4, 0.5) is 5.69 Å². The Morgan fingerprint density at radius 1 is 1.30 bits per heavy atom. The largest absolute Gasteiger partial charge is 0.496 e. The first-order valence-corrected chi connectivity index (χ1v) is 9.55. The molecule has 2 aromatic carbocycles. The summed E-state index contributed by atoms with van der Waals surface area (Å²) in [6.07, 6.45) is 0.921. The summed E-state index contributed by atoms with van der Waals surface area (Å²) in [7, 11) is 3.33. The number of likely N-dealkylation sites (tertiary alicyclic amines) is 1. The van der Waals surface area contributed by atoms with Gasteiger partial charge in [0.25, 0.3) is 5.91 Å². The molecule has 1 aliphatic rings. The molecule has 0 aliphatic carbocycles. The van der Waals surface area contributed by atoms with E-state index < -0.39 is 0 Å². The Kier molecular flexibility index (Phi) is 6.24. The van der Waals surface area contributed by atoms with Gasteiger partial charge in [-0.1, -0.05) is 41.9 Å². The zero-order valence-electron chi connectivity index (χ0n) is 16.0. The molecule has 5 nitrogen and oxygen atoms in total. The highest BCUT2D eigenvalue weighted by Gasteiger charge is 2.32. The zero-order valence-corrected chi connectivity index (χ0v) is 16.7. The van der Waals surface area contributed by atoms with Gasteiger partial charge in [0.15, 0.2) is 0 Å². The number of benzene rings is 2. The fourth-order valence-electron chi connectivity index (χ4n) is 3.58. The molecule has 0 saturated carbocycles. The van der Waals surface area contributed by atoms with Gasteiger partial charge < -0.3 is 15.4 Å². The minimum absolute atomic E-state index is 0.0914. The topological polar surface area (TPSA) is 53.6 Å². The van der Waals surface area contributed by atoms with E-state index in [2.05, 4.69) is 46.7 Å². The molecule has 1 aliphatic heterocycles. The zero-order chi connectivity index (χ0) is 19.4. The van der Waals surface area contributed by atoms with E-state index in [0.29, 0.717) is 16.3 Å². The summed E-state index contributed by atoms with van der Waals surface area (Å²) in [6, 6.07) is 14.2. The van der Waals surface area contributed by atoms with Crippen molar-refractivity contribution in [1.82, 2.24) is 10.2 Å². The number of ether oxygens (including phenoxy) is 1. The Balaban J connectivity index is 1.69. The van der Waals surface area contributed by atoms with Gasteiger partial charge in [-0.05, 0) is 25.0 Å². The van der Waals surface area contributed by atoms with Crippen LogP contribution in [0.15, 0.2) is 42.5 Å². The molecule has 0 unspecified atom stereocenters. The number of amides is 1. The number of methoxy groups -OCH3 is 1. The SMILES string of the molecule is CNc1cc(OC)c(C(=O)N[C@H]2CCN(Cc3ccccc3)[C@@H]2C)cc1Cl. The number of halogens is 1. The number of carbonyl (C=O) groups excluding carboxylic acids is 1. The van der Waals surface area contributed by atoms with Crippen LogP contribution in [0.2, 0.25) is 5.02 Å². The number of nitrogens with one attached hydrogen (secondary N) is 2. The Morgan fingerprint density at radius 2 is 2.04 bits per heavy atom. The second kappa shape index (κ2) is 8.63. The van der Waals surface area contributed by atoms with Gasteiger partial charge in [-0.3, -0.25) is 9.69 Å². The summed E-state index contributed by atoms with van der Waals surface area (Å²) in [6.45, 7) is 4.01. The maximum absolute atomic E-state index is 12.9. The standard InChI is InChI=1S/C21H26ClN3O2/c1-14-18(9-10-25(14)13-15-7-5-4-6-8-15)24-21(26)16-11-17(22)19(23-2)12-20(16)27-3/h4-8,11-12,14,18,23H,9-10,13H2,1-3H3,(H,24,26)/t14-,18+/m1/s1. The molecular formula is C21H26ClN3O2. The van der Waals surface area contributed by atoms with Crippen LogP contribution in [0.3, 0.4) is 0 Å². The molecule has 1 amide bonds. The fraction of sp³-hybridized carbons (Fsp3) is 0.381. The van der Waals surface area contributed by atoms with Crippen LogP contribution in [-0.4, -0.2) is 43.6 Å². The highest BCUT2D eigenvalue weighted by atomic mass is 35.5. The summed E-state index contributed by atoms with van der Waals surface area (Å²) in [5, 5.41) is 6.65. The Morgan fingerprint density at radius 3 is 2.70 bits per heavy atom. The molecule has 2 N–H and O–H groups in total. The molecule has 0 spiro atoms. The Bertz CT molecular complexity index is 798. The molecule has 0 radical (unpaired) electrons. The van der Waals surface area contributed by atoms with E-state index in [0.717, 1.165) is 25.2 Å². The number of nitrogens with zero attached hydrogens (tertiary/aromatic N) is 1. The van der Waals surface area contributed by atoms with Crippen molar-refractivity contribution in [3.8, 4) is 5.75 Å². The van der Waals surface area contributed by atoms with Crippen LogP contribution in [0.25, 0.3) is 0 Å². The first-order valence-electron chi connectivity index (χ1n) is 9.17. The fourth-order valence-corrected chi connectivity index (χ4v) is 3.83. The molecule has 144 valence electrons. The monoisotopic (exact) mass is 387 g/mol. The lowest BCUT2D eigenvalue weighted by molar-refractivity contribution is 0.0924. The van der Waals surface area contributed by atoms with Crippen molar-refractivity contribution in [3.63, 3.8) is 0 Å². The van der Waals surface area contributed by atoms with E-state index in [1.54, 1.807) is 26.3 Å². The van der Waals surface area contributed by atoms with Gasteiger partial charge in [0.05, 0.1) is 23.4 Å². The molecule has 0 bridgehead atoms. The van der Waals surface area contributed by atoms with E-state index in [1.165, 1.54) is 5.56 Å². The van der Waals surface area contributed by atoms with Crippen molar-refractivity contribution in [3.05, 3.63) is 58.6 Å². The first kappa shape index (κ1) is 19.5. The van der Waals surface area contributed by atoms with Gasteiger partial charge in [0.1, 0.15) is 5.75 Å². The predicted molar refractivity (Wildman–Crippen MR) is 110 cm³/mol. The third-order valence-electron chi connectivity index (χ3n) is 5.23. The molecule has 1 fully saturated rings. The van der Waals surface area contributed by atoms with Crippen LogP contribution in [0.5, 0.6) is 5.75 Å². The summed E-state index contributed by atoms with van der Waals surface area (Å²) in [5.41, 5.74) is 2.47. The van der Waals surface area contributed by atoms with Gasteiger partial charge in [0.2, 0.25) is 0 Å². The van der Waals surface area contributed by atoms with Gasteiger partial charge in [-0.2, -0.15) is 0 Å². The second-order valence-electron chi connectivity index (χ2n) is 6.85. The van der Waals surface area contributed by atoms with Gasteiger partial charge in [-0.15, -0.1) is 0 Å². The normalized spacial score (nSPS) is 19.7. The van der Waals surface area contributed by atoms with E-state index in [9.17, 15) is 4.79 Å². The molecule has 0 aromatic heterocycles. The molecular weight excluding hydrogens is 362 g/mol. The van der Waals surface area contributed by atoms with Crippen LogP contribution < -0.4 is 15.4 Å². The lowest BCUT2D eigenvalue weighted by Gasteiger charge is -2.25. The quantitative estimate of drug-likeness (QED) is 0.792. The Labute approximate surface area is 165 Å². The van der Waals surface area contributed by atoms with Crippen molar-refractivity contribution in [1.29, 1.82) is 0 Å². The molecule has 2 atom stereocenters.